The molecule has 10 rings (SSSR count). The van der Waals surface area contributed by atoms with Gasteiger partial charge in [0, 0.05) is 55.3 Å². The Morgan fingerprint density at radius 2 is 1.16 bits per heavy atom. The molecule has 0 spiro atoms. The number of benzene rings is 2. The minimum Gasteiger partial charge on any atom is -0.475 e. The van der Waals surface area contributed by atoms with E-state index in [1.54, 1.807) is 85.2 Å². The number of urea groups is 1. The van der Waals surface area contributed by atoms with Crippen molar-refractivity contribution < 1.29 is 52.2 Å². The Balaban J connectivity index is 0.000000163. The number of carboxylic acid groups (broad SMARTS) is 1. The number of anilines is 1. The van der Waals surface area contributed by atoms with E-state index in [-0.39, 0.29) is 82.1 Å². The molecular weight excluding hydrogens is 1070 g/mol. The lowest BCUT2D eigenvalue weighted by Crippen LogP contribution is -2.44. The Morgan fingerprint density at radius 1 is 0.671 bits per heavy atom. The van der Waals surface area contributed by atoms with Gasteiger partial charge >= 0.3 is 18.0 Å². The van der Waals surface area contributed by atoms with Gasteiger partial charge in [0.15, 0.2) is 17.1 Å². The number of nitriles is 1. The van der Waals surface area contributed by atoms with E-state index in [1.165, 1.54) is 61.6 Å². The molecule has 0 unspecified atom stereocenters. The third-order valence-electron chi connectivity index (χ3n) is 11.9. The highest BCUT2D eigenvalue weighted by molar-refractivity contribution is 6.31. The number of carboxylic acids is 1. The van der Waals surface area contributed by atoms with E-state index in [0.29, 0.717) is 28.5 Å². The van der Waals surface area contributed by atoms with Crippen LogP contribution in [0.25, 0.3) is 16.6 Å². The van der Waals surface area contributed by atoms with Crippen molar-refractivity contribution in [2.24, 2.45) is 23.1 Å². The zero-order valence-corrected chi connectivity index (χ0v) is 43.0. The lowest BCUT2D eigenvalue weighted by Gasteiger charge is -2.22. The summed E-state index contributed by atoms with van der Waals surface area (Å²) in [6, 6.07) is 23.9. The third-order valence-corrected chi connectivity index (χ3v) is 12.5. The highest BCUT2D eigenvalue weighted by atomic mass is 35.5. The number of fused-ring (bicyclic) bond motifs is 3. The number of nitrogens with zero attached hydrogens (tertiary/aromatic N) is 8. The summed E-state index contributed by atoms with van der Waals surface area (Å²) < 4.78 is 36.4. The molecule has 0 saturated heterocycles. The summed E-state index contributed by atoms with van der Waals surface area (Å²) in [5, 5.41) is 25.3. The molecule has 2 aliphatic rings. The topological polar surface area (TPSA) is 342 Å². The van der Waals surface area contributed by atoms with Crippen molar-refractivity contribution in [1.82, 2.24) is 43.7 Å². The van der Waals surface area contributed by atoms with E-state index < -0.39 is 47.3 Å². The van der Waals surface area contributed by atoms with Gasteiger partial charge in [0.1, 0.15) is 18.2 Å². The quantitative estimate of drug-likeness (QED) is 0.0527. The number of hydrogen-bond acceptors (Lipinski definition) is 12. The summed E-state index contributed by atoms with van der Waals surface area (Å²) in [7, 11) is 0. The highest BCUT2D eigenvalue weighted by Gasteiger charge is 2.35. The van der Waals surface area contributed by atoms with Gasteiger partial charge in [-0.2, -0.15) is 4.98 Å². The van der Waals surface area contributed by atoms with Gasteiger partial charge in [-0.25, -0.2) is 28.3 Å². The number of aromatic nitrogens is 6. The third kappa shape index (κ3) is 14.6. The molecule has 8 aromatic rings. The normalized spacial score (nSPS) is 12.3. The Bertz CT molecular complexity index is 3620. The minimum atomic E-state index is -1.20. The van der Waals surface area contributed by atoms with Gasteiger partial charge in [0.2, 0.25) is 23.6 Å². The van der Waals surface area contributed by atoms with Crippen molar-refractivity contribution in [2.45, 2.75) is 57.7 Å². The fourth-order valence-electron chi connectivity index (χ4n) is 7.70. The van der Waals surface area contributed by atoms with Gasteiger partial charge in [-0.15, -0.1) is 5.26 Å². The maximum Gasteiger partial charge on any atom is 0.372 e. The van der Waals surface area contributed by atoms with E-state index in [2.05, 4.69) is 35.6 Å². The number of nitrogens with one attached hydrogen (secondary N) is 3. The monoisotopic (exact) mass is 1120 g/mol. The van der Waals surface area contributed by atoms with E-state index >= 15 is 0 Å². The summed E-state index contributed by atoms with van der Waals surface area (Å²) >= 11 is 11.4. The average Bonchev–Trinajstić information content (AvgIpc) is 4.44. The lowest BCUT2D eigenvalue weighted by molar-refractivity contribution is -0.122. The molecule has 6 heterocycles. The van der Waals surface area contributed by atoms with Crippen molar-refractivity contribution in [3.63, 3.8) is 0 Å². The molecule has 2 saturated carbocycles. The SMILES string of the molecule is N#COc1nc(C(N)=O)c2ccccn12.NC(=O)c1nc(C(=O)O)n2ccccc12.NC(=O)c1nc(NC(=O)N(CC(=O)NCc2cccc(Cl)c2F)C2CC2)n2ccccc12.O=C(CCC1CC1)NCc1cccc(Cl)c1F. The predicted octanol–water partition coefficient (Wildman–Crippen LogP) is 6.25. The molecule has 6 aromatic heterocycles. The summed E-state index contributed by atoms with van der Waals surface area (Å²) in [6.07, 6.45) is 11.8. The van der Waals surface area contributed by atoms with Gasteiger partial charge < -0.3 is 42.6 Å². The van der Waals surface area contributed by atoms with Crippen LogP contribution >= 0.6 is 23.2 Å². The smallest absolute Gasteiger partial charge is 0.372 e. The number of ether oxygens (including phenoxy) is 1. The van der Waals surface area contributed by atoms with Crippen LogP contribution in [0.1, 0.15) is 91.7 Å². The second kappa shape index (κ2) is 25.9. The van der Waals surface area contributed by atoms with Gasteiger partial charge in [-0.3, -0.25) is 42.5 Å². The standard InChI is InChI=1S/C21H20ClFN6O3.C13H15ClFNO.C9H6N4O2.C9H7N3O3/c22-14-5-3-4-12(17(14)23)10-25-16(30)11-29(13-7-8-13)21(32)27-20-26-18(19(24)31)15-6-1-2-9-28(15)20;14-11-3-1-2-10(13(11)15)8-16-12(17)7-6-9-4-5-9;10-5-15-9-12-7(8(11)14)6-3-1-2-4-13(6)9;10-7(13)6-5-3-1-2-4-12(5)8(11-6)9(14)15/h1-6,9,13H,7-8,10-11H2,(H2,24,31)(H,25,30)(H,26,27,32);1-3,9H,4-8H2,(H,16,17);1-4H,(H2,11,14);1-4H,(H2,10,13)(H,14,15). The van der Waals surface area contributed by atoms with Crippen LogP contribution in [0.5, 0.6) is 6.01 Å². The fraction of sp³-hybridized carbons (Fsp3) is 0.212. The molecule has 408 valence electrons. The van der Waals surface area contributed by atoms with E-state index in [1.807, 2.05) is 0 Å². The van der Waals surface area contributed by atoms with Crippen molar-refractivity contribution in [3.05, 3.63) is 165 Å². The summed E-state index contributed by atoms with van der Waals surface area (Å²) in [4.78, 5) is 94.4. The van der Waals surface area contributed by atoms with Crippen LogP contribution in [0.2, 0.25) is 10.0 Å². The molecule has 2 aromatic carbocycles. The van der Waals surface area contributed by atoms with Crippen LogP contribution in [0.15, 0.2) is 110 Å². The minimum absolute atomic E-state index is 0.0173. The highest BCUT2D eigenvalue weighted by Crippen LogP contribution is 2.33. The van der Waals surface area contributed by atoms with Crippen LogP contribution in [0, 0.1) is 29.1 Å². The van der Waals surface area contributed by atoms with E-state index in [9.17, 15) is 42.3 Å². The molecular formula is C52H48Cl2F2N14O9. The summed E-state index contributed by atoms with van der Waals surface area (Å²) in [6.45, 7) is -0.0707. The van der Waals surface area contributed by atoms with Gasteiger partial charge in [-0.05, 0) is 73.7 Å². The lowest BCUT2D eigenvalue weighted by atomic mass is 10.2. The zero-order chi connectivity index (χ0) is 56.9. The molecule has 0 aliphatic heterocycles. The molecule has 0 radical (unpaired) electrons. The zero-order valence-electron chi connectivity index (χ0n) is 41.4. The Hall–Kier alpha value is -9.67. The van der Waals surface area contributed by atoms with Crippen LogP contribution in [0.3, 0.4) is 0 Å². The Morgan fingerprint density at radius 3 is 1.68 bits per heavy atom. The first kappa shape index (κ1) is 57.0. The molecule has 2 aliphatic carbocycles. The van der Waals surface area contributed by atoms with Crippen LogP contribution in [-0.2, 0) is 22.7 Å². The second-order valence-corrected chi connectivity index (χ2v) is 18.3. The van der Waals surface area contributed by atoms with Crippen molar-refractivity contribution in [1.29, 1.82) is 5.26 Å². The van der Waals surface area contributed by atoms with Gasteiger partial charge in [0.05, 0.1) is 26.6 Å². The number of hydrogen-bond donors (Lipinski definition) is 7. The predicted molar refractivity (Wildman–Crippen MR) is 282 cm³/mol. The largest absolute Gasteiger partial charge is 0.475 e. The average molecular weight is 1120 g/mol. The fourth-order valence-corrected chi connectivity index (χ4v) is 8.09. The van der Waals surface area contributed by atoms with Crippen LogP contribution in [-0.4, -0.2) is 92.3 Å². The summed E-state index contributed by atoms with van der Waals surface area (Å²) in [5.74, 6) is -4.20. The molecule has 7 amide bonds. The number of amides is 7. The first-order chi connectivity index (χ1) is 37.9. The van der Waals surface area contributed by atoms with Crippen molar-refractivity contribution >= 4 is 87.2 Å². The molecule has 2 fully saturated rings. The van der Waals surface area contributed by atoms with Gasteiger partial charge in [0.25, 0.3) is 24.0 Å². The maximum atomic E-state index is 14.0. The number of rotatable bonds is 16. The first-order valence-corrected chi connectivity index (χ1v) is 24.7. The number of carbonyl (C=O) groups excluding carboxylic acids is 6. The molecule has 27 heteroatoms. The molecule has 79 heavy (non-hydrogen) atoms. The molecule has 0 atom stereocenters. The number of pyridine rings is 3. The number of carbonyl (C=O) groups is 7. The Labute approximate surface area is 456 Å². The van der Waals surface area contributed by atoms with Crippen molar-refractivity contribution in [3.8, 4) is 12.3 Å². The summed E-state index contributed by atoms with van der Waals surface area (Å²) in [5.41, 5.74) is 17.7. The Kier molecular flexibility index (Phi) is 18.7. The van der Waals surface area contributed by atoms with E-state index in [4.69, 9.17) is 50.8 Å². The first-order valence-electron chi connectivity index (χ1n) is 23.9. The molecule has 10 N–H and O–H groups in total. The van der Waals surface area contributed by atoms with E-state index in [0.717, 1.165) is 25.2 Å². The van der Waals surface area contributed by atoms with Gasteiger partial charge in [-0.1, -0.05) is 78.5 Å². The number of aromatic carboxylic acids is 1. The van der Waals surface area contributed by atoms with Crippen molar-refractivity contribution in [2.75, 3.05) is 11.9 Å². The number of halogens is 4. The van der Waals surface area contributed by atoms with Crippen LogP contribution < -0.4 is 37.9 Å². The maximum absolute atomic E-state index is 14.0. The molecule has 0 bridgehead atoms. The molecule has 23 nitrogen and oxygen atoms in total. The second-order valence-electron chi connectivity index (χ2n) is 17.5. The van der Waals surface area contributed by atoms with Crippen LogP contribution in [0.4, 0.5) is 19.5 Å². The number of imidazole rings is 3. The number of nitrogens with two attached hydrogens (primary N) is 3. The number of primary amides is 3.